The lowest BCUT2D eigenvalue weighted by atomic mass is 10.0. The van der Waals surface area contributed by atoms with Crippen LogP contribution in [0.1, 0.15) is 37.6 Å². The largest absolute Gasteiger partial charge is 0.476 e. The first-order valence-electron chi connectivity index (χ1n) is 11.7. The number of carbonyl (C=O) groups is 2. The number of rotatable bonds is 8. The number of anilines is 1. The van der Waals surface area contributed by atoms with Crippen LogP contribution in [-0.2, 0) is 26.9 Å². The van der Waals surface area contributed by atoms with Crippen molar-refractivity contribution in [2.75, 3.05) is 18.6 Å². The van der Waals surface area contributed by atoms with Crippen LogP contribution in [0.5, 0.6) is 5.75 Å². The van der Waals surface area contributed by atoms with Crippen molar-refractivity contribution < 1.29 is 32.2 Å². The highest BCUT2D eigenvalue weighted by atomic mass is 19.4. The predicted molar refractivity (Wildman–Crippen MR) is 134 cm³/mol. The first-order valence-corrected chi connectivity index (χ1v) is 11.7. The van der Waals surface area contributed by atoms with E-state index in [1.807, 2.05) is 0 Å². The third-order valence-electron chi connectivity index (χ3n) is 5.76. The zero-order valence-corrected chi connectivity index (χ0v) is 21.3. The number of hydrogen-bond acceptors (Lipinski definition) is 5. The fourth-order valence-corrected chi connectivity index (χ4v) is 3.59. The van der Waals surface area contributed by atoms with Crippen LogP contribution in [-0.4, -0.2) is 36.1 Å². The molecule has 0 spiro atoms. The molecule has 0 saturated heterocycles. The lowest BCUT2D eigenvalue weighted by Gasteiger charge is -2.25. The van der Waals surface area contributed by atoms with Gasteiger partial charge in [-0.2, -0.15) is 13.2 Å². The van der Waals surface area contributed by atoms with Crippen LogP contribution in [0.4, 0.5) is 18.9 Å². The number of alkyl halides is 3. The van der Waals surface area contributed by atoms with Crippen molar-refractivity contribution in [1.29, 1.82) is 0 Å². The summed E-state index contributed by atoms with van der Waals surface area (Å²) in [5, 5.41) is 0. The molecular formula is C28H29F3N2O4. The van der Waals surface area contributed by atoms with E-state index in [1.54, 1.807) is 71.1 Å². The van der Waals surface area contributed by atoms with Gasteiger partial charge in [-0.25, -0.2) is 4.79 Å². The summed E-state index contributed by atoms with van der Waals surface area (Å²) in [6.07, 6.45) is -4.33. The van der Waals surface area contributed by atoms with E-state index < -0.39 is 23.3 Å². The molecule has 2 aromatic carbocycles. The zero-order chi connectivity index (χ0) is 27.4. The van der Waals surface area contributed by atoms with Crippen LogP contribution in [0, 0.1) is 6.92 Å². The quantitative estimate of drug-likeness (QED) is 0.345. The van der Waals surface area contributed by atoms with E-state index >= 15 is 0 Å². The van der Waals surface area contributed by atoms with Crippen molar-refractivity contribution in [3.05, 3.63) is 77.5 Å². The van der Waals surface area contributed by atoms with Crippen molar-refractivity contribution in [3.8, 4) is 17.0 Å². The van der Waals surface area contributed by atoms with Crippen LogP contribution < -0.4 is 9.64 Å². The maximum atomic E-state index is 13.0. The molecular weight excluding hydrogens is 485 g/mol. The van der Waals surface area contributed by atoms with Gasteiger partial charge in [0.2, 0.25) is 5.91 Å². The van der Waals surface area contributed by atoms with E-state index in [-0.39, 0.29) is 18.9 Å². The van der Waals surface area contributed by atoms with Crippen molar-refractivity contribution >= 4 is 17.6 Å². The van der Waals surface area contributed by atoms with Gasteiger partial charge in [-0.05, 0) is 63.6 Å². The zero-order valence-electron chi connectivity index (χ0n) is 21.3. The summed E-state index contributed by atoms with van der Waals surface area (Å²) >= 11 is 0. The molecule has 0 aliphatic carbocycles. The molecule has 196 valence electrons. The summed E-state index contributed by atoms with van der Waals surface area (Å²) in [4.78, 5) is 31.1. The molecule has 0 atom stereocenters. The van der Waals surface area contributed by atoms with Crippen LogP contribution in [0.15, 0.2) is 60.7 Å². The van der Waals surface area contributed by atoms with E-state index in [1.165, 1.54) is 17.0 Å². The van der Waals surface area contributed by atoms with Crippen LogP contribution >= 0.6 is 0 Å². The molecule has 9 heteroatoms. The first kappa shape index (κ1) is 27.7. The average molecular weight is 515 g/mol. The number of halogens is 3. The lowest BCUT2D eigenvalue weighted by molar-refractivity contribution is -0.158. The Hall–Kier alpha value is -3.88. The third-order valence-corrected chi connectivity index (χ3v) is 5.76. The van der Waals surface area contributed by atoms with Gasteiger partial charge < -0.3 is 14.4 Å². The number of pyridine rings is 1. The molecule has 1 aromatic heterocycles. The molecule has 6 nitrogen and oxygen atoms in total. The topological polar surface area (TPSA) is 68.7 Å². The first-order chi connectivity index (χ1) is 17.3. The number of carbonyl (C=O) groups excluding carboxylic acids is 2. The molecule has 1 heterocycles. The highest BCUT2D eigenvalue weighted by Crippen LogP contribution is 2.31. The number of aromatic nitrogens is 1. The molecule has 37 heavy (non-hydrogen) atoms. The number of hydrogen-bond donors (Lipinski definition) is 0. The maximum absolute atomic E-state index is 13.0. The van der Waals surface area contributed by atoms with Crippen molar-refractivity contribution in [2.24, 2.45) is 0 Å². The van der Waals surface area contributed by atoms with E-state index in [4.69, 9.17) is 9.47 Å². The van der Waals surface area contributed by atoms with Gasteiger partial charge in [0, 0.05) is 30.1 Å². The Balaban J connectivity index is 1.71. The smallest absolute Gasteiger partial charge is 0.416 e. The van der Waals surface area contributed by atoms with E-state index in [9.17, 15) is 22.8 Å². The number of aryl methyl sites for hydroxylation is 1. The number of ether oxygens (including phenoxy) is 2. The molecule has 0 radical (unpaired) electrons. The highest BCUT2D eigenvalue weighted by molar-refractivity contribution is 5.94. The third kappa shape index (κ3) is 6.87. The minimum Gasteiger partial charge on any atom is -0.476 e. The van der Waals surface area contributed by atoms with Crippen LogP contribution in [0.25, 0.3) is 11.3 Å². The van der Waals surface area contributed by atoms with Crippen molar-refractivity contribution in [3.63, 3.8) is 0 Å². The van der Waals surface area contributed by atoms with Gasteiger partial charge in [0.1, 0.15) is 5.75 Å². The Labute approximate surface area is 214 Å². The van der Waals surface area contributed by atoms with Gasteiger partial charge in [-0.1, -0.05) is 24.3 Å². The Morgan fingerprint density at radius 3 is 2.27 bits per heavy atom. The molecule has 0 N–H and O–H groups in total. The molecule has 0 aliphatic heterocycles. The van der Waals surface area contributed by atoms with Crippen molar-refractivity contribution in [1.82, 2.24) is 4.98 Å². The van der Waals surface area contributed by atoms with Gasteiger partial charge in [0.25, 0.3) is 0 Å². The normalized spacial score (nSPS) is 11.7. The number of amides is 1. The van der Waals surface area contributed by atoms with Gasteiger partial charge in [0.15, 0.2) is 5.60 Å². The second-order valence-corrected chi connectivity index (χ2v) is 8.98. The molecule has 3 rings (SSSR count). The Kier molecular flexibility index (Phi) is 8.25. The van der Waals surface area contributed by atoms with E-state index in [0.29, 0.717) is 34.0 Å². The summed E-state index contributed by atoms with van der Waals surface area (Å²) < 4.78 is 49.3. The summed E-state index contributed by atoms with van der Waals surface area (Å²) in [6, 6.07) is 15.1. The van der Waals surface area contributed by atoms with Crippen molar-refractivity contribution in [2.45, 2.75) is 45.9 Å². The fourth-order valence-electron chi connectivity index (χ4n) is 3.59. The molecule has 3 aromatic rings. The molecule has 0 aliphatic rings. The number of likely N-dealkylation sites (N-methyl/N-ethyl adjacent to an activating group) is 1. The molecule has 1 amide bonds. The Bertz CT molecular complexity index is 1270. The van der Waals surface area contributed by atoms with Gasteiger partial charge in [-0.15, -0.1) is 0 Å². The Morgan fingerprint density at radius 1 is 1.00 bits per heavy atom. The molecule has 0 fully saturated rings. The summed E-state index contributed by atoms with van der Waals surface area (Å²) in [7, 11) is 1.64. The summed E-state index contributed by atoms with van der Waals surface area (Å²) in [6.45, 7) is 6.92. The minimum absolute atomic E-state index is 0.0715. The average Bonchev–Trinajstić information content (AvgIpc) is 2.84. The SMILES string of the molecule is CCOC(=O)C(C)(C)Oc1cccc(N(C)C(=O)Cc2ccc(-c3ccc(C(F)(F)F)cc3)nc2C)c1. The standard InChI is InChI=1S/C28H29F3N2O4/c1-6-36-26(35)27(3,4)37-23-9-7-8-22(17-23)33(5)25(34)16-20-12-15-24(32-18(20)2)19-10-13-21(14-11-19)28(29,30)31/h7-15,17H,6,16H2,1-5H3. The number of nitrogens with zero attached hydrogens (tertiary/aromatic N) is 2. The van der Waals surface area contributed by atoms with E-state index in [0.717, 1.165) is 12.1 Å². The summed E-state index contributed by atoms with van der Waals surface area (Å²) in [5.41, 5.74) is 1.02. The lowest BCUT2D eigenvalue weighted by Crippen LogP contribution is -2.39. The predicted octanol–water partition coefficient (Wildman–Crippen LogP) is 6.00. The van der Waals surface area contributed by atoms with Crippen LogP contribution in [0.3, 0.4) is 0 Å². The number of esters is 1. The molecule has 0 bridgehead atoms. The van der Waals surface area contributed by atoms with Crippen LogP contribution in [0.2, 0.25) is 0 Å². The monoisotopic (exact) mass is 514 g/mol. The second-order valence-electron chi connectivity index (χ2n) is 8.98. The fraction of sp³-hybridized carbons (Fsp3) is 0.321. The minimum atomic E-state index is -4.40. The van der Waals surface area contributed by atoms with Gasteiger partial charge in [-0.3, -0.25) is 9.78 Å². The maximum Gasteiger partial charge on any atom is 0.416 e. The van der Waals surface area contributed by atoms with Gasteiger partial charge in [0.05, 0.1) is 24.3 Å². The molecule has 0 unspecified atom stereocenters. The highest BCUT2D eigenvalue weighted by Gasteiger charge is 2.32. The van der Waals surface area contributed by atoms with Gasteiger partial charge >= 0.3 is 12.1 Å². The Morgan fingerprint density at radius 2 is 1.68 bits per heavy atom. The summed E-state index contributed by atoms with van der Waals surface area (Å²) in [5.74, 6) is -0.282. The van der Waals surface area contributed by atoms with E-state index in [2.05, 4.69) is 4.98 Å². The number of benzene rings is 2. The molecule has 0 saturated carbocycles. The second kappa shape index (κ2) is 11.0.